The van der Waals surface area contributed by atoms with Gasteiger partial charge in [0.05, 0.1) is 13.2 Å². The summed E-state index contributed by atoms with van der Waals surface area (Å²) in [5.41, 5.74) is 0. The van der Waals surface area contributed by atoms with Crippen molar-refractivity contribution < 1.29 is 23.9 Å². The highest BCUT2D eigenvalue weighted by Gasteiger charge is 2.04. The maximum atomic E-state index is 11.7. The average Bonchev–Trinajstić information content (AvgIpc) is 2.74. The van der Waals surface area contributed by atoms with Crippen molar-refractivity contribution in [2.24, 2.45) is 4.99 Å². The number of amides is 1. The van der Waals surface area contributed by atoms with Crippen LogP contribution in [0.2, 0.25) is 0 Å². The molecular weight excluding hydrogens is 386 g/mol. The molecule has 0 radical (unpaired) electrons. The van der Waals surface area contributed by atoms with Crippen LogP contribution in [-0.4, -0.2) is 44.3 Å². The monoisotopic (exact) mass is 423 g/mol. The Morgan fingerprint density at radius 1 is 0.800 bits per heavy atom. The van der Waals surface area contributed by atoms with Crippen molar-refractivity contribution in [1.29, 1.82) is 5.26 Å². The zero-order valence-corrected chi connectivity index (χ0v) is 18.2. The Kier molecular flexibility index (Phi) is 21.1. The van der Waals surface area contributed by atoms with Gasteiger partial charge in [-0.2, -0.15) is 5.26 Å². The van der Waals surface area contributed by atoms with Gasteiger partial charge in [0, 0.05) is 19.4 Å². The van der Waals surface area contributed by atoms with E-state index in [4.69, 9.17) is 10.00 Å². The van der Waals surface area contributed by atoms with Crippen LogP contribution in [0.5, 0.6) is 0 Å². The summed E-state index contributed by atoms with van der Waals surface area (Å²) in [6.07, 6.45) is 15.1. The Morgan fingerprint density at radius 3 is 2.23 bits per heavy atom. The number of ether oxygens (including phenoxy) is 2. The normalized spacial score (nSPS) is 9.97. The average molecular weight is 424 g/mol. The SMILES string of the molecule is N#COCCCCCCNC(=O)CCCCCOC(=O)CCCCCCCN=C=O. The second-order valence-electron chi connectivity index (χ2n) is 7.23. The number of aliphatic imine (C=N–C) groups is 1. The lowest BCUT2D eigenvalue weighted by atomic mass is 10.1. The summed E-state index contributed by atoms with van der Waals surface area (Å²) in [5, 5.41) is 11.1. The summed E-state index contributed by atoms with van der Waals surface area (Å²) >= 11 is 0. The van der Waals surface area contributed by atoms with Gasteiger partial charge in [-0.05, 0) is 51.4 Å². The van der Waals surface area contributed by atoms with Gasteiger partial charge < -0.3 is 14.8 Å². The van der Waals surface area contributed by atoms with Gasteiger partial charge in [0.25, 0.3) is 6.26 Å². The van der Waals surface area contributed by atoms with Crippen LogP contribution in [0.25, 0.3) is 0 Å². The van der Waals surface area contributed by atoms with E-state index in [0.29, 0.717) is 39.1 Å². The van der Waals surface area contributed by atoms with Crippen molar-refractivity contribution in [3.8, 4) is 6.26 Å². The van der Waals surface area contributed by atoms with Gasteiger partial charge in [-0.25, -0.2) is 9.79 Å². The number of nitrogens with one attached hydrogen (secondary N) is 1. The van der Waals surface area contributed by atoms with Crippen LogP contribution in [0.15, 0.2) is 4.99 Å². The van der Waals surface area contributed by atoms with Crippen molar-refractivity contribution in [2.45, 2.75) is 89.9 Å². The van der Waals surface area contributed by atoms with E-state index >= 15 is 0 Å². The highest BCUT2D eigenvalue weighted by Crippen LogP contribution is 2.07. The van der Waals surface area contributed by atoms with Crippen LogP contribution in [0.3, 0.4) is 0 Å². The van der Waals surface area contributed by atoms with Crippen LogP contribution < -0.4 is 5.32 Å². The third-order valence-corrected chi connectivity index (χ3v) is 4.59. The van der Waals surface area contributed by atoms with Gasteiger partial charge in [0.1, 0.15) is 6.61 Å². The minimum absolute atomic E-state index is 0.0674. The second-order valence-corrected chi connectivity index (χ2v) is 7.23. The third kappa shape index (κ3) is 21.9. The molecule has 0 saturated heterocycles. The quantitative estimate of drug-likeness (QED) is 0.0982. The summed E-state index contributed by atoms with van der Waals surface area (Å²) in [7, 11) is 0. The number of nitriles is 1. The molecule has 1 amide bonds. The van der Waals surface area contributed by atoms with Crippen LogP contribution >= 0.6 is 0 Å². The molecule has 0 rings (SSSR count). The zero-order chi connectivity index (χ0) is 22.1. The first-order chi connectivity index (χ1) is 14.7. The first-order valence-corrected chi connectivity index (χ1v) is 11.2. The second kappa shape index (κ2) is 22.9. The Bertz CT molecular complexity index is 527. The standard InChI is InChI=1S/C22H37N3O5/c23-19-29-17-11-5-4-10-16-25-21(27)13-7-6-12-18-30-22(28)14-8-2-1-3-9-15-24-20-26/h1-18H2,(H,25,27). The van der Waals surface area contributed by atoms with Crippen molar-refractivity contribution in [2.75, 3.05) is 26.3 Å². The molecule has 0 unspecified atom stereocenters. The molecule has 30 heavy (non-hydrogen) atoms. The summed E-state index contributed by atoms with van der Waals surface area (Å²) < 4.78 is 9.81. The fourth-order valence-electron chi connectivity index (χ4n) is 2.87. The van der Waals surface area contributed by atoms with Crippen molar-refractivity contribution in [1.82, 2.24) is 5.32 Å². The van der Waals surface area contributed by atoms with E-state index in [1.54, 1.807) is 6.26 Å². The van der Waals surface area contributed by atoms with E-state index in [1.165, 1.54) is 6.08 Å². The predicted molar refractivity (Wildman–Crippen MR) is 113 cm³/mol. The van der Waals surface area contributed by atoms with E-state index in [9.17, 15) is 14.4 Å². The van der Waals surface area contributed by atoms with Gasteiger partial charge >= 0.3 is 5.97 Å². The fraction of sp³-hybridized carbons (Fsp3) is 0.818. The van der Waals surface area contributed by atoms with Gasteiger partial charge in [-0.3, -0.25) is 9.59 Å². The third-order valence-electron chi connectivity index (χ3n) is 4.59. The van der Waals surface area contributed by atoms with Crippen LogP contribution in [0.1, 0.15) is 89.9 Å². The predicted octanol–water partition coefficient (Wildman–Crippen LogP) is 3.94. The lowest BCUT2D eigenvalue weighted by Gasteiger charge is -2.06. The lowest BCUT2D eigenvalue weighted by molar-refractivity contribution is -0.144. The highest BCUT2D eigenvalue weighted by molar-refractivity contribution is 5.75. The van der Waals surface area contributed by atoms with Crippen molar-refractivity contribution >= 4 is 18.0 Å². The maximum Gasteiger partial charge on any atom is 0.305 e. The van der Waals surface area contributed by atoms with Crippen LogP contribution in [-0.2, 0) is 23.9 Å². The van der Waals surface area contributed by atoms with Gasteiger partial charge in [0.15, 0.2) is 0 Å². The molecule has 0 atom stereocenters. The highest BCUT2D eigenvalue weighted by atomic mass is 16.5. The molecule has 170 valence electrons. The van der Waals surface area contributed by atoms with Gasteiger partial charge in [-0.15, -0.1) is 0 Å². The summed E-state index contributed by atoms with van der Waals surface area (Å²) in [4.78, 5) is 36.8. The largest absolute Gasteiger partial charge is 0.466 e. The minimum Gasteiger partial charge on any atom is -0.466 e. The topological polar surface area (TPSA) is 118 Å². The molecule has 0 aromatic heterocycles. The van der Waals surface area contributed by atoms with E-state index in [0.717, 1.165) is 77.0 Å². The van der Waals surface area contributed by atoms with E-state index in [-0.39, 0.29) is 11.9 Å². The molecule has 0 spiro atoms. The summed E-state index contributed by atoms with van der Waals surface area (Å²) in [6, 6.07) is 0. The molecule has 0 aromatic carbocycles. The number of hydrogen-bond acceptors (Lipinski definition) is 7. The number of carbonyl (C=O) groups excluding carboxylic acids is 3. The number of rotatable bonds is 21. The molecule has 0 aliphatic heterocycles. The molecule has 8 heteroatoms. The van der Waals surface area contributed by atoms with Crippen molar-refractivity contribution in [3.63, 3.8) is 0 Å². The van der Waals surface area contributed by atoms with Crippen LogP contribution in [0.4, 0.5) is 0 Å². The molecule has 0 aromatic rings. The van der Waals surface area contributed by atoms with Gasteiger partial charge in [-0.1, -0.05) is 25.7 Å². The number of carbonyl (C=O) groups is 2. The Balaban J connectivity index is 3.31. The number of esters is 1. The number of isocyanates is 1. The van der Waals surface area contributed by atoms with E-state index in [2.05, 4.69) is 15.0 Å². The Morgan fingerprint density at radius 2 is 1.43 bits per heavy atom. The molecule has 0 aliphatic rings. The Labute approximate surface area is 180 Å². The molecule has 0 bridgehead atoms. The lowest BCUT2D eigenvalue weighted by Crippen LogP contribution is -2.24. The summed E-state index contributed by atoms with van der Waals surface area (Å²) in [6.45, 7) is 2.11. The minimum atomic E-state index is -0.155. The first-order valence-electron chi connectivity index (χ1n) is 11.2. The molecule has 8 nitrogen and oxygen atoms in total. The smallest absolute Gasteiger partial charge is 0.305 e. The number of hydrogen-bond donors (Lipinski definition) is 1. The number of nitrogens with zero attached hydrogens (tertiary/aromatic N) is 2. The van der Waals surface area contributed by atoms with E-state index < -0.39 is 0 Å². The molecule has 0 heterocycles. The maximum absolute atomic E-state index is 11.7. The van der Waals surface area contributed by atoms with Crippen LogP contribution in [0, 0.1) is 11.5 Å². The molecular formula is C22H37N3O5. The number of unbranched alkanes of at least 4 members (excludes halogenated alkanes) is 9. The Hall–Kier alpha value is -2.39. The van der Waals surface area contributed by atoms with Gasteiger partial charge in [0.2, 0.25) is 12.0 Å². The zero-order valence-electron chi connectivity index (χ0n) is 18.2. The molecule has 0 fully saturated rings. The van der Waals surface area contributed by atoms with E-state index in [1.807, 2.05) is 0 Å². The first kappa shape index (κ1) is 27.6. The molecule has 0 aliphatic carbocycles. The molecule has 0 saturated carbocycles. The molecule has 1 N–H and O–H groups in total. The summed E-state index contributed by atoms with van der Waals surface area (Å²) in [5.74, 6) is -0.0877. The van der Waals surface area contributed by atoms with Crippen molar-refractivity contribution in [3.05, 3.63) is 0 Å². The fourth-order valence-corrected chi connectivity index (χ4v) is 2.87.